The van der Waals surface area contributed by atoms with Crippen molar-refractivity contribution in [3.05, 3.63) is 0 Å². The Morgan fingerprint density at radius 2 is 0.630 bits per heavy atom. The van der Waals surface area contributed by atoms with Gasteiger partial charge in [0.2, 0.25) is 0 Å². The summed E-state index contributed by atoms with van der Waals surface area (Å²) in [5.41, 5.74) is -3.40. The lowest BCUT2D eigenvalue weighted by atomic mass is 9.86. The molecule has 0 spiro atoms. The summed E-state index contributed by atoms with van der Waals surface area (Å²) in [6.07, 6.45) is -18.0. The van der Waals surface area contributed by atoms with Crippen LogP contribution in [0.25, 0.3) is 0 Å². The minimum atomic E-state index is -7.30. The number of aliphatic hydroxyl groups is 2. The Morgan fingerprint density at radius 1 is 0.444 bits per heavy atom. The van der Waals surface area contributed by atoms with Gasteiger partial charge in [-0.1, -0.05) is 0 Å². The van der Waals surface area contributed by atoms with Crippen LogP contribution in [0.4, 0.5) is 61.5 Å². The molecule has 2 atom stereocenters. The van der Waals surface area contributed by atoms with Crippen molar-refractivity contribution in [1.29, 1.82) is 0 Å². The van der Waals surface area contributed by atoms with E-state index in [2.05, 4.69) is 11.5 Å². The van der Waals surface area contributed by atoms with E-state index in [0.717, 1.165) is 0 Å². The summed E-state index contributed by atoms with van der Waals surface area (Å²) in [4.78, 5) is 0. The van der Waals surface area contributed by atoms with Gasteiger partial charge in [-0.25, -0.2) is 0 Å². The third-order valence-corrected chi connectivity index (χ3v) is 3.13. The Kier molecular flexibility index (Phi) is 5.92. The van der Waals surface area contributed by atoms with Gasteiger partial charge in [-0.05, 0) is 0 Å². The molecule has 0 fully saturated rings. The molecule has 0 heterocycles. The van der Waals surface area contributed by atoms with Crippen molar-refractivity contribution in [3.63, 3.8) is 0 Å². The molecule has 0 aliphatic heterocycles. The number of hydrogen-bond acceptors (Lipinski definition) is 4. The molecule has 0 aliphatic rings. The average Bonchev–Trinajstić information content (AvgIpc) is 2.33. The molecule has 0 aromatic carbocycles. The molecule has 0 amide bonds. The molecule has 0 aromatic heterocycles. The molecule has 0 unspecified atom stereocenters. The molecule has 0 saturated heterocycles. The normalized spacial score (nSPS) is 20.2. The van der Waals surface area contributed by atoms with Gasteiger partial charge in [0.25, 0.3) is 0 Å². The smallest absolute Gasteiger partial charge is 0.370 e. The lowest BCUT2D eigenvalue weighted by molar-refractivity contribution is -0.409. The molecule has 0 radical (unpaired) electrons. The van der Waals surface area contributed by atoms with Crippen LogP contribution < -0.4 is 11.5 Å². The van der Waals surface area contributed by atoms with Crippen molar-refractivity contribution >= 4 is 0 Å². The summed E-state index contributed by atoms with van der Waals surface area (Å²) < 4.78 is 176. The second-order valence-electron chi connectivity index (χ2n) is 5.32. The van der Waals surface area contributed by atoms with Crippen LogP contribution in [0, 0.1) is 0 Å². The first-order valence-corrected chi connectivity index (χ1v) is 5.88. The molecule has 27 heavy (non-hydrogen) atoms. The highest BCUT2D eigenvalue weighted by molar-refractivity contribution is 5.09. The lowest BCUT2D eigenvalue weighted by Crippen LogP contribution is -2.75. The molecular formula is C9H8F14N2O2. The Bertz CT molecular complexity index is 502. The van der Waals surface area contributed by atoms with Gasteiger partial charge < -0.3 is 10.2 Å². The van der Waals surface area contributed by atoms with Crippen LogP contribution in [-0.2, 0) is 0 Å². The van der Waals surface area contributed by atoms with Crippen molar-refractivity contribution in [3.8, 4) is 0 Å². The van der Waals surface area contributed by atoms with E-state index in [4.69, 9.17) is 10.2 Å². The molecule has 6 N–H and O–H groups in total. The summed E-state index contributed by atoms with van der Waals surface area (Å²) in [6, 6.07) is 0. The Balaban J connectivity index is 6.19. The number of halogens is 14. The van der Waals surface area contributed by atoms with E-state index >= 15 is 0 Å². The Hall–Kier alpha value is -1.14. The van der Waals surface area contributed by atoms with Crippen molar-refractivity contribution in [1.82, 2.24) is 0 Å². The van der Waals surface area contributed by atoms with E-state index in [-0.39, 0.29) is 0 Å². The van der Waals surface area contributed by atoms with Gasteiger partial charge in [0.1, 0.15) is 0 Å². The molecule has 0 saturated carbocycles. The van der Waals surface area contributed by atoms with Crippen LogP contribution >= 0.6 is 0 Å². The summed E-state index contributed by atoms with van der Waals surface area (Å²) in [6.45, 7) is 0. The van der Waals surface area contributed by atoms with Crippen LogP contribution in [0.3, 0.4) is 0 Å². The quantitative estimate of drug-likeness (QED) is 0.376. The van der Waals surface area contributed by atoms with Gasteiger partial charge in [0.05, 0.1) is 0 Å². The second kappa shape index (κ2) is 6.18. The summed E-state index contributed by atoms with van der Waals surface area (Å²) in [5, 5.41) is 17.7. The van der Waals surface area contributed by atoms with E-state index in [1.54, 1.807) is 0 Å². The van der Waals surface area contributed by atoms with Gasteiger partial charge in [0, 0.05) is 6.42 Å². The average molecular weight is 442 g/mol. The van der Waals surface area contributed by atoms with E-state index in [1.165, 1.54) is 0 Å². The van der Waals surface area contributed by atoms with E-state index in [0.29, 0.717) is 0 Å². The molecule has 4 nitrogen and oxygen atoms in total. The molecular weight excluding hydrogens is 434 g/mol. The Morgan fingerprint density at radius 3 is 0.778 bits per heavy atom. The number of alkyl halides is 14. The lowest BCUT2D eigenvalue weighted by Gasteiger charge is -2.44. The van der Waals surface area contributed by atoms with Gasteiger partial charge in [-0.15, -0.1) is 0 Å². The third kappa shape index (κ3) is 3.75. The van der Waals surface area contributed by atoms with Crippen LogP contribution in [-0.4, -0.2) is 57.7 Å². The molecule has 0 bridgehead atoms. The number of nitrogens with two attached hydrogens (primary N) is 2. The predicted molar refractivity (Wildman–Crippen MR) is 54.8 cm³/mol. The zero-order valence-corrected chi connectivity index (χ0v) is 12.0. The highest BCUT2D eigenvalue weighted by Crippen LogP contribution is 2.54. The molecule has 0 rings (SSSR count). The first kappa shape index (κ1) is 25.9. The molecule has 0 aromatic rings. The van der Waals surface area contributed by atoms with Crippen molar-refractivity contribution < 1.29 is 71.7 Å². The van der Waals surface area contributed by atoms with Gasteiger partial charge in [-0.2, -0.15) is 61.5 Å². The van der Waals surface area contributed by atoms with Crippen molar-refractivity contribution in [2.75, 3.05) is 0 Å². The maximum atomic E-state index is 13.3. The van der Waals surface area contributed by atoms with Gasteiger partial charge in [0.15, 0.2) is 11.4 Å². The molecule has 164 valence electrons. The Labute approximate surface area is 138 Å². The monoisotopic (exact) mass is 442 g/mol. The fourth-order valence-electron chi connectivity index (χ4n) is 1.53. The topological polar surface area (TPSA) is 92.5 Å². The van der Waals surface area contributed by atoms with E-state index in [9.17, 15) is 61.5 Å². The second-order valence-corrected chi connectivity index (χ2v) is 5.32. The van der Waals surface area contributed by atoms with Crippen molar-refractivity contribution in [2.45, 2.75) is 53.9 Å². The van der Waals surface area contributed by atoms with Crippen LogP contribution in [0.2, 0.25) is 0 Å². The number of rotatable bonds is 6. The van der Waals surface area contributed by atoms with Crippen molar-refractivity contribution in [2.24, 2.45) is 11.5 Å². The summed E-state index contributed by atoms with van der Waals surface area (Å²) >= 11 is 0. The first-order valence-electron chi connectivity index (χ1n) is 5.88. The van der Waals surface area contributed by atoms with Crippen LogP contribution in [0.1, 0.15) is 6.42 Å². The van der Waals surface area contributed by atoms with Gasteiger partial charge >= 0.3 is 36.0 Å². The predicted octanol–water partition coefficient (Wildman–Crippen LogP) is 2.34. The summed E-state index contributed by atoms with van der Waals surface area (Å²) in [7, 11) is 0. The highest BCUT2D eigenvalue weighted by atomic mass is 19.4. The first-order chi connectivity index (χ1) is 11.2. The SMILES string of the molecule is N[C@](O)(C[C@@](N)(O)C(F)(F)C(F)(F)C(F)(F)F)C(F)(F)C(F)(F)C(F)(F)F. The van der Waals surface area contributed by atoms with E-state index < -0.39 is 53.9 Å². The van der Waals surface area contributed by atoms with Crippen LogP contribution in [0.5, 0.6) is 0 Å². The minimum Gasteiger partial charge on any atom is -0.370 e. The zero-order valence-electron chi connectivity index (χ0n) is 12.0. The maximum absolute atomic E-state index is 13.3. The summed E-state index contributed by atoms with van der Waals surface area (Å²) in [5.74, 6) is -28.6. The fraction of sp³-hybridized carbons (Fsp3) is 1.00. The third-order valence-electron chi connectivity index (χ3n) is 3.13. The maximum Gasteiger partial charge on any atom is 0.460 e. The van der Waals surface area contributed by atoms with E-state index in [1.807, 2.05) is 0 Å². The number of hydrogen-bond donors (Lipinski definition) is 4. The largest absolute Gasteiger partial charge is 0.460 e. The molecule has 0 aliphatic carbocycles. The molecule has 18 heteroatoms. The standard InChI is InChI=1S/C9H8F14N2O2/c10-4(11,6(14,15)8(18,19)20)2(24,26)1-3(25,27)5(12,13)7(16,17)9(21,22)23/h26-27H,1,24-25H2/t2-,3+. The zero-order chi connectivity index (χ0) is 22.7. The minimum absolute atomic E-state index is 3.57. The van der Waals surface area contributed by atoms with Crippen LogP contribution in [0.15, 0.2) is 0 Å². The van der Waals surface area contributed by atoms with Gasteiger partial charge in [-0.3, -0.25) is 11.5 Å². The highest BCUT2D eigenvalue weighted by Gasteiger charge is 2.83. The fourth-order valence-corrected chi connectivity index (χ4v) is 1.53.